The van der Waals surface area contributed by atoms with Crippen LogP contribution in [0.3, 0.4) is 0 Å². The standard InChI is InChI=1S/C28H25N3O2S/c1-3-22-14-15-23(34-22)17-25-28(33-19(2)32)31-18-26(21-12-8-5-9-13-21)29-24(27(31)30-25)16-20-10-6-4-7-11-20/h4-15,18H,3,16-17H2,1-2H3. The Balaban J connectivity index is 1.69. The summed E-state index contributed by atoms with van der Waals surface area (Å²) < 4.78 is 7.63. The number of aryl methyl sites for hydroxylation is 1. The van der Waals surface area contributed by atoms with Gasteiger partial charge < -0.3 is 4.74 Å². The zero-order valence-electron chi connectivity index (χ0n) is 19.2. The van der Waals surface area contributed by atoms with Crippen LogP contribution in [0.25, 0.3) is 16.9 Å². The molecule has 0 unspecified atom stereocenters. The smallest absolute Gasteiger partial charge is 0.309 e. The van der Waals surface area contributed by atoms with Crippen molar-refractivity contribution in [1.82, 2.24) is 14.4 Å². The minimum absolute atomic E-state index is 0.369. The van der Waals surface area contributed by atoms with E-state index in [1.165, 1.54) is 16.7 Å². The Kier molecular flexibility index (Phi) is 6.23. The quantitative estimate of drug-likeness (QED) is 0.270. The fraction of sp³-hybridized carbons (Fsp3) is 0.179. The molecule has 0 N–H and O–H groups in total. The highest BCUT2D eigenvalue weighted by Crippen LogP contribution is 2.30. The maximum Gasteiger partial charge on any atom is 0.309 e. The van der Waals surface area contributed by atoms with Gasteiger partial charge in [0.05, 0.1) is 11.4 Å². The second kappa shape index (κ2) is 9.61. The van der Waals surface area contributed by atoms with Crippen molar-refractivity contribution in [3.05, 3.63) is 106 Å². The molecule has 5 rings (SSSR count). The van der Waals surface area contributed by atoms with E-state index < -0.39 is 0 Å². The maximum absolute atomic E-state index is 12.1. The van der Waals surface area contributed by atoms with E-state index in [9.17, 15) is 4.79 Å². The van der Waals surface area contributed by atoms with Crippen molar-refractivity contribution in [3.8, 4) is 17.1 Å². The number of benzene rings is 2. The number of imidazole rings is 1. The van der Waals surface area contributed by atoms with Crippen molar-refractivity contribution in [1.29, 1.82) is 0 Å². The zero-order chi connectivity index (χ0) is 23.5. The van der Waals surface area contributed by atoms with Crippen LogP contribution in [-0.2, 0) is 24.1 Å². The Morgan fingerprint density at radius 1 is 0.882 bits per heavy atom. The summed E-state index contributed by atoms with van der Waals surface area (Å²) in [5.74, 6) is 0.0917. The van der Waals surface area contributed by atoms with Gasteiger partial charge in [-0.3, -0.25) is 9.20 Å². The molecule has 0 amide bonds. The third-order valence-electron chi connectivity index (χ3n) is 5.63. The van der Waals surface area contributed by atoms with Gasteiger partial charge in [-0.25, -0.2) is 9.97 Å². The molecule has 5 nitrogen and oxygen atoms in total. The SMILES string of the molecule is CCc1ccc(Cc2nc3c(Cc4ccccc4)nc(-c4ccccc4)cn3c2OC(C)=O)s1. The first-order valence-corrected chi connectivity index (χ1v) is 12.2. The number of fused-ring (bicyclic) bond motifs is 1. The summed E-state index contributed by atoms with van der Waals surface area (Å²) in [6.45, 7) is 3.57. The summed E-state index contributed by atoms with van der Waals surface area (Å²) in [6, 6.07) is 24.5. The van der Waals surface area contributed by atoms with Crippen LogP contribution in [0, 0.1) is 0 Å². The molecule has 3 heterocycles. The molecule has 0 saturated carbocycles. The van der Waals surface area contributed by atoms with Gasteiger partial charge in [0.2, 0.25) is 5.88 Å². The van der Waals surface area contributed by atoms with Crippen LogP contribution in [-0.4, -0.2) is 20.3 Å². The van der Waals surface area contributed by atoms with Crippen LogP contribution in [0.1, 0.15) is 40.6 Å². The molecule has 0 fully saturated rings. The lowest BCUT2D eigenvalue weighted by Crippen LogP contribution is -2.07. The normalized spacial score (nSPS) is 11.1. The summed E-state index contributed by atoms with van der Waals surface area (Å²) in [5, 5.41) is 0. The van der Waals surface area contributed by atoms with Gasteiger partial charge in [0.25, 0.3) is 0 Å². The first-order valence-electron chi connectivity index (χ1n) is 11.4. The second-order valence-corrected chi connectivity index (χ2v) is 9.40. The average molecular weight is 468 g/mol. The third-order valence-corrected chi connectivity index (χ3v) is 6.86. The van der Waals surface area contributed by atoms with E-state index in [4.69, 9.17) is 14.7 Å². The van der Waals surface area contributed by atoms with Crippen LogP contribution in [0.15, 0.2) is 79.0 Å². The molecular weight excluding hydrogens is 442 g/mol. The van der Waals surface area contributed by atoms with Gasteiger partial charge in [-0.05, 0) is 24.1 Å². The van der Waals surface area contributed by atoms with E-state index >= 15 is 0 Å². The van der Waals surface area contributed by atoms with Crippen molar-refractivity contribution < 1.29 is 9.53 Å². The van der Waals surface area contributed by atoms with Crippen LogP contribution < -0.4 is 4.74 Å². The van der Waals surface area contributed by atoms with Gasteiger partial charge in [-0.1, -0.05) is 67.6 Å². The minimum atomic E-state index is -0.369. The number of rotatable bonds is 7. The monoisotopic (exact) mass is 467 g/mol. The van der Waals surface area contributed by atoms with E-state index in [2.05, 4.69) is 31.2 Å². The largest absolute Gasteiger partial charge is 0.407 e. The fourth-order valence-corrected chi connectivity index (χ4v) is 4.98. The summed E-state index contributed by atoms with van der Waals surface area (Å²) >= 11 is 1.77. The Labute approximate surface area is 202 Å². The minimum Gasteiger partial charge on any atom is -0.407 e. The van der Waals surface area contributed by atoms with Crippen LogP contribution in [0.5, 0.6) is 5.88 Å². The molecule has 34 heavy (non-hydrogen) atoms. The highest BCUT2D eigenvalue weighted by atomic mass is 32.1. The third kappa shape index (κ3) is 4.63. The van der Waals surface area contributed by atoms with Crippen LogP contribution >= 0.6 is 11.3 Å². The average Bonchev–Trinajstić information content (AvgIpc) is 3.45. The molecule has 170 valence electrons. The maximum atomic E-state index is 12.1. The van der Waals surface area contributed by atoms with Gasteiger partial charge in [0.1, 0.15) is 5.69 Å². The lowest BCUT2D eigenvalue weighted by atomic mass is 10.1. The van der Waals surface area contributed by atoms with Crippen molar-refractivity contribution >= 4 is 23.0 Å². The first-order chi connectivity index (χ1) is 16.6. The molecule has 0 atom stereocenters. The Morgan fingerprint density at radius 2 is 1.59 bits per heavy atom. The fourth-order valence-electron chi connectivity index (χ4n) is 4.02. The molecule has 3 aromatic heterocycles. The topological polar surface area (TPSA) is 56.5 Å². The summed E-state index contributed by atoms with van der Waals surface area (Å²) in [7, 11) is 0. The molecule has 0 aliphatic heterocycles. The molecule has 2 aromatic carbocycles. The second-order valence-electron chi connectivity index (χ2n) is 8.15. The molecule has 6 heteroatoms. The van der Waals surface area contributed by atoms with Crippen molar-refractivity contribution in [2.45, 2.75) is 33.1 Å². The zero-order valence-corrected chi connectivity index (χ0v) is 20.0. The lowest BCUT2D eigenvalue weighted by molar-refractivity contribution is -0.132. The highest BCUT2D eigenvalue weighted by molar-refractivity contribution is 7.12. The number of carbonyl (C=O) groups is 1. The molecule has 0 aliphatic rings. The molecule has 0 bridgehead atoms. The van der Waals surface area contributed by atoms with E-state index in [-0.39, 0.29) is 5.97 Å². The van der Waals surface area contributed by atoms with E-state index in [0.29, 0.717) is 24.4 Å². The number of esters is 1. The number of nitrogens with zero attached hydrogens (tertiary/aromatic N) is 3. The molecule has 0 radical (unpaired) electrons. The lowest BCUT2D eigenvalue weighted by Gasteiger charge is -2.10. The molecule has 5 aromatic rings. The van der Waals surface area contributed by atoms with Crippen LogP contribution in [0.2, 0.25) is 0 Å². The van der Waals surface area contributed by atoms with Gasteiger partial charge in [0.15, 0.2) is 5.65 Å². The molecule has 0 saturated heterocycles. The summed E-state index contributed by atoms with van der Waals surface area (Å²) in [4.78, 5) is 24.5. The Morgan fingerprint density at radius 3 is 2.26 bits per heavy atom. The van der Waals surface area contributed by atoms with Crippen molar-refractivity contribution in [2.24, 2.45) is 0 Å². The predicted molar refractivity (Wildman–Crippen MR) is 135 cm³/mol. The molecular formula is C28H25N3O2S. The summed E-state index contributed by atoms with van der Waals surface area (Å²) in [5.41, 5.74) is 5.23. The molecule has 0 spiro atoms. The summed E-state index contributed by atoms with van der Waals surface area (Å²) in [6.07, 6.45) is 4.14. The van der Waals surface area contributed by atoms with Crippen LogP contribution in [0.4, 0.5) is 0 Å². The van der Waals surface area contributed by atoms with Gasteiger partial charge in [-0.2, -0.15) is 0 Å². The van der Waals surface area contributed by atoms with Crippen molar-refractivity contribution in [3.63, 3.8) is 0 Å². The van der Waals surface area contributed by atoms with Gasteiger partial charge in [-0.15, -0.1) is 11.3 Å². The Bertz CT molecular complexity index is 1440. The van der Waals surface area contributed by atoms with E-state index in [1.54, 1.807) is 11.3 Å². The highest BCUT2D eigenvalue weighted by Gasteiger charge is 2.21. The van der Waals surface area contributed by atoms with Gasteiger partial charge in [0, 0.05) is 41.3 Å². The molecule has 0 aliphatic carbocycles. The number of thiophene rings is 1. The number of hydrogen-bond acceptors (Lipinski definition) is 5. The number of aromatic nitrogens is 3. The predicted octanol–water partition coefficient (Wildman–Crippen LogP) is 6.13. The van der Waals surface area contributed by atoms with E-state index in [1.807, 2.05) is 59.1 Å². The number of hydrogen-bond donors (Lipinski definition) is 0. The van der Waals surface area contributed by atoms with Gasteiger partial charge >= 0.3 is 5.97 Å². The van der Waals surface area contributed by atoms with E-state index in [0.717, 1.165) is 34.6 Å². The number of carbonyl (C=O) groups excluding carboxylic acids is 1. The first kappa shape index (κ1) is 22.0. The Hall–Kier alpha value is -3.77. The number of ether oxygens (including phenoxy) is 1. The van der Waals surface area contributed by atoms with Crippen molar-refractivity contribution in [2.75, 3.05) is 0 Å².